The summed E-state index contributed by atoms with van der Waals surface area (Å²) in [4.78, 5) is 10.1. The molecule has 1 aromatic carbocycles. The summed E-state index contributed by atoms with van der Waals surface area (Å²) >= 11 is 1.64. The molecule has 0 aliphatic heterocycles. The van der Waals surface area contributed by atoms with Crippen molar-refractivity contribution in [3.05, 3.63) is 47.8 Å². The lowest BCUT2D eigenvalue weighted by Gasteiger charge is -2.10. The van der Waals surface area contributed by atoms with Crippen LogP contribution in [0, 0.1) is 0 Å². The average Bonchev–Trinajstić information content (AvgIpc) is 2.57. The third-order valence-electron chi connectivity index (χ3n) is 3.48. The number of aryl methyl sites for hydroxylation is 1. The molecule has 0 aliphatic rings. The van der Waals surface area contributed by atoms with Gasteiger partial charge in [-0.15, -0.1) is 0 Å². The van der Waals surface area contributed by atoms with Crippen LogP contribution in [0.2, 0.25) is 0 Å². The summed E-state index contributed by atoms with van der Waals surface area (Å²) in [5.74, 6) is 0. The van der Waals surface area contributed by atoms with Gasteiger partial charge in [-0.1, -0.05) is 25.1 Å². The molecular weight excluding hydrogens is 302 g/mol. The van der Waals surface area contributed by atoms with E-state index in [2.05, 4.69) is 46.8 Å². The molecule has 3 nitrogen and oxygen atoms in total. The molecule has 0 saturated carbocycles. The van der Waals surface area contributed by atoms with Gasteiger partial charge in [-0.3, -0.25) is 14.7 Å². The summed E-state index contributed by atoms with van der Waals surface area (Å²) in [6.07, 6.45) is 6.66. The summed E-state index contributed by atoms with van der Waals surface area (Å²) in [5, 5.41) is 0. The Morgan fingerprint density at radius 3 is 2.48 bits per heavy atom. The summed E-state index contributed by atoms with van der Waals surface area (Å²) in [6.45, 7) is 10.2. The zero-order valence-corrected chi connectivity index (χ0v) is 15.8. The van der Waals surface area contributed by atoms with Crippen molar-refractivity contribution in [3.8, 4) is 0 Å². The van der Waals surface area contributed by atoms with E-state index in [9.17, 15) is 0 Å². The molecule has 0 heterocycles. The van der Waals surface area contributed by atoms with Crippen LogP contribution in [-0.4, -0.2) is 18.5 Å². The maximum Gasteiger partial charge on any atom is 0.0584 e. The minimum atomic E-state index is 0.926. The second-order valence-electron chi connectivity index (χ2n) is 5.21. The Hall–Kier alpha value is -1.65. The molecule has 0 radical (unpaired) electrons. The number of aliphatic imine (C=N–C) groups is 2. The maximum atomic E-state index is 4.56. The van der Waals surface area contributed by atoms with Gasteiger partial charge in [0, 0.05) is 17.3 Å². The van der Waals surface area contributed by atoms with E-state index < -0.39 is 0 Å². The summed E-state index contributed by atoms with van der Waals surface area (Å²) < 4.78 is 3.16. The van der Waals surface area contributed by atoms with Crippen molar-refractivity contribution in [2.45, 2.75) is 45.9 Å². The lowest BCUT2D eigenvalue weighted by atomic mass is 10.0. The highest BCUT2D eigenvalue weighted by atomic mass is 32.2. The van der Waals surface area contributed by atoms with E-state index in [0.717, 1.165) is 23.4 Å². The van der Waals surface area contributed by atoms with Crippen molar-refractivity contribution >= 4 is 28.9 Å². The predicted molar refractivity (Wildman–Crippen MR) is 105 cm³/mol. The molecule has 0 unspecified atom stereocenters. The number of hydrogen-bond donors (Lipinski definition) is 1. The van der Waals surface area contributed by atoms with Crippen LogP contribution in [0.1, 0.15) is 45.7 Å². The minimum Gasteiger partial charge on any atom is -0.263 e. The zero-order chi connectivity index (χ0) is 17.2. The normalized spacial score (nSPS) is 13.9. The molecule has 1 aromatic rings. The summed E-state index contributed by atoms with van der Waals surface area (Å²) in [7, 11) is 1.94. The third kappa shape index (κ3) is 6.16. The molecule has 1 N–H and O–H groups in total. The van der Waals surface area contributed by atoms with E-state index in [1.165, 1.54) is 16.0 Å². The van der Waals surface area contributed by atoms with E-state index >= 15 is 0 Å². The Labute approximate surface area is 144 Å². The lowest BCUT2D eigenvalue weighted by Crippen LogP contribution is -2.04. The molecule has 0 bridgehead atoms. The van der Waals surface area contributed by atoms with Gasteiger partial charge in [0.05, 0.1) is 11.4 Å². The molecule has 124 valence electrons. The van der Waals surface area contributed by atoms with Gasteiger partial charge in [0.2, 0.25) is 0 Å². The highest BCUT2D eigenvalue weighted by molar-refractivity contribution is 7.97. The monoisotopic (exact) mass is 329 g/mol. The van der Waals surface area contributed by atoms with Crippen molar-refractivity contribution in [1.29, 1.82) is 0 Å². The predicted octanol–water partition coefficient (Wildman–Crippen LogP) is 5.29. The first kappa shape index (κ1) is 19.4. The standard InChI is InChI=1S/C19H27N3S/c1-7-11-21-15(4)16(5)22-13-14(3)18-10-9-17(8-2)12-19(18)23-20-6/h7,9-13,20H,8H2,1-6H3/b11-7-,14-13+,21-15?,22-16?. The third-order valence-corrected chi connectivity index (χ3v) is 4.25. The largest absolute Gasteiger partial charge is 0.263 e. The zero-order valence-electron chi connectivity index (χ0n) is 15.0. The van der Waals surface area contributed by atoms with Crippen LogP contribution < -0.4 is 4.72 Å². The van der Waals surface area contributed by atoms with Crippen LogP contribution in [0.3, 0.4) is 0 Å². The maximum absolute atomic E-state index is 4.56. The van der Waals surface area contributed by atoms with Crippen LogP contribution in [0.15, 0.2) is 51.6 Å². The molecule has 1 rings (SSSR count). The SMILES string of the molecule is C/C=C\N=C(C)C(C)=N/C=C(\C)c1ccc(CC)cc1SNC. The number of rotatable bonds is 7. The van der Waals surface area contributed by atoms with Crippen molar-refractivity contribution in [3.63, 3.8) is 0 Å². The lowest BCUT2D eigenvalue weighted by molar-refractivity contribution is 1.11. The minimum absolute atomic E-state index is 0.926. The second kappa shape index (κ2) is 10.2. The van der Waals surface area contributed by atoms with E-state index in [1.807, 2.05) is 40.1 Å². The Morgan fingerprint density at radius 1 is 1.17 bits per heavy atom. The van der Waals surface area contributed by atoms with Crippen LogP contribution in [0.4, 0.5) is 0 Å². The fourth-order valence-corrected chi connectivity index (χ4v) is 2.71. The highest BCUT2D eigenvalue weighted by Crippen LogP contribution is 2.27. The van der Waals surface area contributed by atoms with Gasteiger partial charge in [0.15, 0.2) is 0 Å². The molecule has 0 saturated heterocycles. The molecule has 0 atom stereocenters. The number of nitrogens with one attached hydrogen (secondary N) is 1. The van der Waals surface area contributed by atoms with Crippen molar-refractivity contribution in [2.24, 2.45) is 9.98 Å². The van der Waals surface area contributed by atoms with Gasteiger partial charge in [-0.25, -0.2) is 0 Å². The number of allylic oxidation sites excluding steroid dienone is 2. The Morgan fingerprint density at radius 2 is 1.87 bits per heavy atom. The first-order valence-corrected chi connectivity index (χ1v) is 8.69. The Kier molecular flexibility index (Phi) is 8.59. The first-order chi connectivity index (χ1) is 11.0. The van der Waals surface area contributed by atoms with Gasteiger partial charge in [0.25, 0.3) is 0 Å². The fraction of sp³-hybridized carbons (Fsp3) is 0.368. The number of hydrogen-bond acceptors (Lipinski definition) is 4. The Bertz CT molecular complexity index is 640. The van der Waals surface area contributed by atoms with Gasteiger partial charge in [-0.2, -0.15) is 0 Å². The first-order valence-electron chi connectivity index (χ1n) is 7.87. The van der Waals surface area contributed by atoms with E-state index in [4.69, 9.17) is 0 Å². The van der Waals surface area contributed by atoms with Crippen molar-refractivity contribution < 1.29 is 0 Å². The summed E-state index contributed by atoms with van der Waals surface area (Å²) in [6, 6.07) is 6.60. The average molecular weight is 330 g/mol. The topological polar surface area (TPSA) is 36.8 Å². The second-order valence-corrected chi connectivity index (χ2v) is 6.27. The molecular formula is C19H27N3S. The fourth-order valence-electron chi connectivity index (χ4n) is 1.94. The smallest absolute Gasteiger partial charge is 0.0584 e. The van der Waals surface area contributed by atoms with Crippen molar-refractivity contribution in [2.75, 3.05) is 7.05 Å². The van der Waals surface area contributed by atoms with E-state index in [1.54, 1.807) is 18.1 Å². The van der Waals surface area contributed by atoms with E-state index in [0.29, 0.717) is 0 Å². The van der Waals surface area contributed by atoms with Gasteiger partial charge < -0.3 is 0 Å². The molecule has 0 spiro atoms. The molecule has 0 amide bonds. The van der Waals surface area contributed by atoms with Crippen LogP contribution >= 0.6 is 11.9 Å². The highest BCUT2D eigenvalue weighted by Gasteiger charge is 2.06. The number of nitrogens with zero attached hydrogens (tertiary/aromatic N) is 2. The Balaban J connectivity index is 3.10. The van der Waals surface area contributed by atoms with Crippen LogP contribution in [0.5, 0.6) is 0 Å². The quantitative estimate of drug-likeness (QED) is 0.545. The van der Waals surface area contributed by atoms with Crippen LogP contribution in [0.25, 0.3) is 5.57 Å². The van der Waals surface area contributed by atoms with Crippen LogP contribution in [-0.2, 0) is 6.42 Å². The molecule has 0 fully saturated rings. The molecule has 4 heteroatoms. The molecule has 23 heavy (non-hydrogen) atoms. The van der Waals surface area contributed by atoms with Gasteiger partial charge >= 0.3 is 0 Å². The number of benzene rings is 1. The van der Waals surface area contributed by atoms with Crippen molar-refractivity contribution in [1.82, 2.24) is 4.72 Å². The van der Waals surface area contributed by atoms with Gasteiger partial charge in [-0.05, 0) is 75.9 Å². The van der Waals surface area contributed by atoms with E-state index in [-0.39, 0.29) is 0 Å². The molecule has 0 aliphatic carbocycles. The molecule has 0 aromatic heterocycles. The van der Waals surface area contributed by atoms with Gasteiger partial charge in [0.1, 0.15) is 0 Å². The summed E-state index contributed by atoms with van der Waals surface area (Å²) in [5.41, 5.74) is 5.55.